The van der Waals surface area contributed by atoms with Gasteiger partial charge >= 0.3 is 0 Å². The lowest BCUT2D eigenvalue weighted by molar-refractivity contribution is -0.121. The monoisotopic (exact) mass is 261 g/mol. The van der Waals surface area contributed by atoms with E-state index in [2.05, 4.69) is 27.3 Å². The van der Waals surface area contributed by atoms with Gasteiger partial charge in [-0.25, -0.2) is 0 Å². The maximum Gasteiger partial charge on any atom is 0.220 e. The fourth-order valence-electron chi connectivity index (χ4n) is 2.66. The fourth-order valence-corrected chi connectivity index (χ4v) is 2.66. The van der Waals surface area contributed by atoms with Crippen LogP contribution in [0.5, 0.6) is 0 Å². The number of rotatable bonds is 5. The molecule has 0 unspecified atom stereocenters. The number of carbonyl (C=O) groups is 1. The van der Waals surface area contributed by atoms with E-state index >= 15 is 0 Å². The normalized spacial score (nSPS) is 19.6. The Bertz CT molecular complexity index is 433. The van der Waals surface area contributed by atoms with Crippen molar-refractivity contribution in [2.45, 2.75) is 26.2 Å². The van der Waals surface area contributed by atoms with Crippen LogP contribution < -0.4 is 5.32 Å². The van der Waals surface area contributed by atoms with E-state index in [0.717, 1.165) is 43.9 Å². The number of hydrogen-bond acceptors (Lipinski definition) is 3. The summed E-state index contributed by atoms with van der Waals surface area (Å²) in [6.45, 7) is 5.21. The summed E-state index contributed by atoms with van der Waals surface area (Å²) in [5.41, 5.74) is 2.24. The number of pyridine rings is 1. The van der Waals surface area contributed by atoms with Crippen LogP contribution in [0.4, 0.5) is 0 Å². The highest BCUT2D eigenvalue weighted by atomic mass is 16.1. The average Bonchev–Trinajstić information content (AvgIpc) is 2.84. The second-order valence-electron chi connectivity index (χ2n) is 5.35. The van der Waals surface area contributed by atoms with Crippen molar-refractivity contribution in [3.63, 3.8) is 0 Å². The lowest BCUT2D eigenvalue weighted by atomic mass is 10.0. The summed E-state index contributed by atoms with van der Waals surface area (Å²) in [7, 11) is 1.71. The summed E-state index contributed by atoms with van der Waals surface area (Å²) in [5.74, 6) is 0.678. The number of nitrogens with one attached hydrogen (secondary N) is 1. The van der Waals surface area contributed by atoms with Gasteiger partial charge in [-0.3, -0.25) is 9.78 Å². The number of nitrogens with zero attached hydrogens (tertiary/aromatic N) is 2. The zero-order valence-corrected chi connectivity index (χ0v) is 11.9. The number of hydrogen-bond donors (Lipinski definition) is 1. The highest BCUT2D eigenvalue weighted by molar-refractivity contribution is 5.75. The number of likely N-dealkylation sites (tertiary alicyclic amines) is 1. The van der Waals surface area contributed by atoms with Crippen molar-refractivity contribution in [1.82, 2.24) is 15.2 Å². The second-order valence-corrected chi connectivity index (χ2v) is 5.35. The standard InChI is InChI=1S/C15H23N3O/c1-12-4-3-5-14(17-12)7-9-18-8-6-13(11-18)10-15(19)16-2/h3-5,13H,6-11H2,1-2H3,(H,16,19)/t13-/m1/s1. The molecular formula is C15H23N3O. The van der Waals surface area contributed by atoms with Gasteiger partial charge in [0, 0.05) is 44.4 Å². The van der Waals surface area contributed by atoms with Gasteiger partial charge in [0.2, 0.25) is 5.91 Å². The molecule has 1 aliphatic heterocycles. The Balaban J connectivity index is 1.75. The van der Waals surface area contributed by atoms with Crippen molar-refractivity contribution >= 4 is 5.91 Å². The first-order chi connectivity index (χ1) is 9.17. The number of carbonyl (C=O) groups excluding carboxylic acids is 1. The number of aryl methyl sites for hydroxylation is 1. The smallest absolute Gasteiger partial charge is 0.220 e. The van der Waals surface area contributed by atoms with Crippen LogP contribution in [0.2, 0.25) is 0 Å². The first kappa shape index (κ1) is 14.0. The van der Waals surface area contributed by atoms with Gasteiger partial charge in [-0.2, -0.15) is 0 Å². The summed E-state index contributed by atoms with van der Waals surface area (Å²) in [4.78, 5) is 18.3. The number of amides is 1. The van der Waals surface area contributed by atoms with Gasteiger partial charge in [-0.05, 0) is 37.9 Å². The third kappa shape index (κ3) is 4.31. The molecule has 0 radical (unpaired) electrons. The number of aromatic nitrogens is 1. The highest BCUT2D eigenvalue weighted by Crippen LogP contribution is 2.19. The minimum absolute atomic E-state index is 0.159. The molecule has 0 spiro atoms. The zero-order valence-electron chi connectivity index (χ0n) is 11.9. The van der Waals surface area contributed by atoms with Crippen LogP contribution in [0, 0.1) is 12.8 Å². The van der Waals surface area contributed by atoms with E-state index in [1.807, 2.05) is 13.0 Å². The highest BCUT2D eigenvalue weighted by Gasteiger charge is 2.23. The second kappa shape index (κ2) is 6.66. The molecule has 1 N–H and O–H groups in total. The molecule has 0 saturated carbocycles. The van der Waals surface area contributed by atoms with Gasteiger partial charge in [-0.15, -0.1) is 0 Å². The van der Waals surface area contributed by atoms with Gasteiger partial charge in [-0.1, -0.05) is 6.07 Å². The van der Waals surface area contributed by atoms with Crippen molar-refractivity contribution in [2.24, 2.45) is 5.92 Å². The molecule has 0 aliphatic carbocycles. The van der Waals surface area contributed by atoms with Crippen molar-refractivity contribution in [3.8, 4) is 0 Å². The van der Waals surface area contributed by atoms with Crippen molar-refractivity contribution < 1.29 is 4.79 Å². The summed E-state index contributed by atoms with van der Waals surface area (Å²) in [6, 6.07) is 6.18. The predicted molar refractivity (Wildman–Crippen MR) is 75.9 cm³/mol. The Labute approximate surface area is 115 Å². The van der Waals surface area contributed by atoms with Crippen LogP contribution in [0.3, 0.4) is 0 Å². The summed E-state index contributed by atoms with van der Waals surface area (Å²) in [6.07, 6.45) is 2.79. The van der Waals surface area contributed by atoms with Gasteiger partial charge in [0.1, 0.15) is 0 Å². The molecule has 0 aromatic carbocycles. The molecule has 1 aromatic rings. The Morgan fingerprint density at radius 1 is 1.53 bits per heavy atom. The minimum Gasteiger partial charge on any atom is -0.359 e. The molecule has 0 bridgehead atoms. The van der Waals surface area contributed by atoms with Crippen LogP contribution in [0.25, 0.3) is 0 Å². The first-order valence-corrected chi connectivity index (χ1v) is 7.03. The topological polar surface area (TPSA) is 45.2 Å². The van der Waals surface area contributed by atoms with Crippen molar-refractivity contribution in [1.29, 1.82) is 0 Å². The lowest BCUT2D eigenvalue weighted by Crippen LogP contribution is -2.26. The largest absolute Gasteiger partial charge is 0.359 e. The van der Waals surface area contributed by atoms with Crippen molar-refractivity contribution in [2.75, 3.05) is 26.7 Å². The maximum absolute atomic E-state index is 11.4. The molecule has 1 amide bonds. The summed E-state index contributed by atoms with van der Waals surface area (Å²) in [5, 5.41) is 2.70. The first-order valence-electron chi connectivity index (χ1n) is 7.03. The van der Waals surface area contributed by atoms with Crippen LogP contribution in [-0.4, -0.2) is 42.5 Å². The Morgan fingerprint density at radius 2 is 2.37 bits per heavy atom. The molecule has 4 heteroatoms. The van der Waals surface area contributed by atoms with Crippen LogP contribution >= 0.6 is 0 Å². The van der Waals surface area contributed by atoms with E-state index < -0.39 is 0 Å². The maximum atomic E-state index is 11.4. The molecule has 1 aliphatic rings. The quantitative estimate of drug-likeness (QED) is 0.871. The summed E-state index contributed by atoms with van der Waals surface area (Å²) < 4.78 is 0. The predicted octanol–water partition coefficient (Wildman–Crippen LogP) is 1.39. The summed E-state index contributed by atoms with van der Waals surface area (Å²) >= 11 is 0. The van der Waals surface area contributed by atoms with E-state index in [9.17, 15) is 4.79 Å². The Kier molecular flexibility index (Phi) is 4.91. The average molecular weight is 261 g/mol. The van der Waals surface area contributed by atoms with Gasteiger partial charge < -0.3 is 10.2 Å². The van der Waals surface area contributed by atoms with E-state index in [0.29, 0.717) is 12.3 Å². The molecule has 2 rings (SSSR count). The SMILES string of the molecule is CNC(=O)C[C@H]1CCN(CCc2cccc(C)n2)C1. The molecular weight excluding hydrogens is 238 g/mol. The molecule has 4 nitrogen and oxygen atoms in total. The molecule has 1 atom stereocenters. The molecule has 1 saturated heterocycles. The van der Waals surface area contributed by atoms with Crippen molar-refractivity contribution in [3.05, 3.63) is 29.6 Å². The fraction of sp³-hybridized carbons (Fsp3) is 0.600. The van der Waals surface area contributed by atoms with E-state index in [4.69, 9.17) is 0 Å². The molecule has 1 aromatic heterocycles. The van der Waals surface area contributed by atoms with E-state index in [1.165, 1.54) is 0 Å². The Hall–Kier alpha value is -1.42. The van der Waals surface area contributed by atoms with Gasteiger partial charge in [0.25, 0.3) is 0 Å². The van der Waals surface area contributed by atoms with Gasteiger partial charge in [0.05, 0.1) is 0 Å². The minimum atomic E-state index is 0.159. The third-order valence-corrected chi connectivity index (χ3v) is 3.75. The molecule has 2 heterocycles. The van der Waals surface area contributed by atoms with Crippen LogP contribution in [-0.2, 0) is 11.2 Å². The third-order valence-electron chi connectivity index (χ3n) is 3.75. The zero-order chi connectivity index (χ0) is 13.7. The van der Waals surface area contributed by atoms with Crippen LogP contribution in [0.15, 0.2) is 18.2 Å². The molecule has 104 valence electrons. The lowest BCUT2D eigenvalue weighted by Gasteiger charge is -2.15. The van der Waals surface area contributed by atoms with Crippen LogP contribution in [0.1, 0.15) is 24.2 Å². The van der Waals surface area contributed by atoms with Gasteiger partial charge in [0.15, 0.2) is 0 Å². The molecule has 1 fully saturated rings. The Morgan fingerprint density at radius 3 is 3.11 bits per heavy atom. The van der Waals surface area contributed by atoms with E-state index in [-0.39, 0.29) is 5.91 Å². The van der Waals surface area contributed by atoms with E-state index in [1.54, 1.807) is 7.05 Å². The molecule has 19 heavy (non-hydrogen) atoms.